The highest BCUT2D eigenvalue weighted by molar-refractivity contribution is 6.16. The quantitative estimate of drug-likeness (QED) is 0.193. The van der Waals surface area contributed by atoms with Gasteiger partial charge in [0.15, 0.2) is 5.78 Å². The summed E-state index contributed by atoms with van der Waals surface area (Å²) >= 11 is 0. The molecule has 2 aromatic carbocycles. The van der Waals surface area contributed by atoms with Crippen LogP contribution in [0.4, 0.5) is 0 Å². The minimum absolute atomic E-state index is 0. The molecule has 0 saturated carbocycles. The number of aryl methyl sites for hydroxylation is 1. The van der Waals surface area contributed by atoms with Crippen LogP contribution in [0.1, 0.15) is 45.9 Å². The Kier molecular flexibility index (Phi) is 10.4. The summed E-state index contributed by atoms with van der Waals surface area (Å²) in [4.78, 5) is 27.8. The Hall–Kier alpha value is -3.29. The molecule has 0 unspecified atom stereocenters. The van der Waals surface area contributed by atoms with Crippen molar-refractivity contribution in [2.24, 2.45) is 0 Å². The molecule has 0 N–H and O–H groups in total. The number of ketones is 1. The van der Waals surface area contributed by atoms with Crippen molar-refractivity contribution in [1.82, 2.24) is 4.90 Å². The van der Waals surface area contributed by atoms with Gasteiger partial charge in [0, 0.05) is 17.5 Å². The van der Waals surface area contributed by atoms with E-state index in [0.717, 1.165) is 30.9 Å². The fourth-order valence-electron chi connectivity index (χ4n) is 3.70. The summed E-state index contributed by atoms with van der Waals surface area (Å²) in [6.45, 7) is 8.91. The number of hydrogen-bond acceptors (Lipinski definition) is 7. The molecule has 1 heterocycles. The van der Waals surface area contributed by atoms with Crippen molar-refractivity contribution >= 4 is 41.2 Å². The maximum absolute atomic E-state index is 13.4. The van der Waals surface area contributed by atoms with E-state index in [1.165, 1.54) is 13.2 Å². The zero-order valence-electron chi connectivity index (χ0n) is 20.8. The third kappa shape index (κ3) is 6.44. The number of fused-ring (bicyclic) bond motifs is 1. The summed E-state index contributed by atoms with van der Waals surface area (Å²) in [5.41, 5.74) is 2.05. The van der Waals surface area contributed by atoms with Gasteiger partial charge in [0.1, 0.15) is 29.3 Å². The molecule has 3 aromatic rings. The number of halogens is 1. The van der Waals surface area contributed by atoms with Gasteiger partial charge in [-0.15, -0.1) is 12.4 Å². The number of methoxy groups -OCH3 is 2. The van der Waals surface area contributed by atoms with E-state index in [4.69, 9.17) is 18.6 Å². The number of furan rings is 1. The fraction of sp³-hybridized carbons (Fsp3) is 0.333. The summed E-state index contributed by atoms with van der Waals surface area (Å²) in [6, 6.07) is 10.9. The predicted octanol–water partition coefficient (Wildman–Crippen LogP) is 5.57. The van der Waals surface area contributed by atoms with Gasteiger partial charge in [-0.25, -0.2) is 4.79 Å². The van der Waals surface area contributed by atoms with Crippen molar-refractivity contribution in [3.05, 3.63) is 64.9 Å². The van der Waals surface area contributed by atoms with Gasteiger partial charge in [0.2, 0.25) is 5.76 Å². The van der Waals surface area contributed by atoms with Gasteiger partial charge in [-0.2, -0.15) is 0 Å². The van der Waals surface area contributed by atoms with Crippen molar-refractivity contribution in [1.29, 1.82) is 0 Å². The van der Waals surface area contributed by atoms with Gasteiger partial charge in [-0.05, 0) is 55.9 Å². The Bertz CT molecular complexity index is 1180. The van der Waals surface area contributed by atoms with Crippen LogP contribution in [0, 0.1) is 6.92 Å². The molecule has 0 aliphatic heterocycles. The maximum atomic E-state index is 13.4. The minimum atomic E-state index is -0.593. The van der Waals surface area contributed by atoms with E-state index in [2.05, 4.69) is 18.7 Å². The maximum Gasteiger partial charge on any atom is 0.374 e. The number of nitrogens with zero attached hydrogens (tertiary/aromatic N) is 1. The summed E-state index contributed by atoms with van der Waals surface area (Å²) in [7, 11) is 2.89. The number of hydrogen-bond donors (Lipinski definition) is 0. The highest BCUT2D eigenvalue weighted by atomic mass is 35.5. The first-order valence-corrected chi connectivity index (χ1v) is 11.3. The smallest absolute Gasteiger partial charge is 0.374 e. The van der Waals surface area contributed by atoms with Crippen molar-refractivity contribution in [2.45, 2.75) is 20.8 Å². The third-order valence-electron chi connectivity index (χ3n) is 5.79. The van der Waals surface area contributed by atoms with E-state index < -0.39 is 5.97 Å². The first-order chi connectivity index (χ1) is 16.4. The summed E-state index contributed by atoms with van der Waals surface area (Å²) in [5, 5.41) is 0.665. The molecule has 0 saturated heterocycles. The number of carbonyl (C=O) groups is 2. The number of benzene rings is 2. The Balaban J connectivity index is 0.00000432. The molecule has 1 aromatic heterocycles. The third-order valence-corrected chi connectivity index (χ3v) is 5.79. The average Bonchev–Trinajstić information content (AvgIpc) is 3.21. The van der Waals surface area contributed by atoms with Gasteiger partial charge < -0.3 is 23.5 Å². The number of likely N-dealkylation sites (N-methyl/N-ethyl adjacent to an activating group) is 1. The molecule has 0 bridgehead atoms. The van der Waals surface area contributed by atoms with Gasteiger partial charge in [0.25, 0.3) is 0 Å². The Labute approximate surface area is 212 Å². The Morgan fingerprint density at radius 1 is 1.03 bits per heavy atom. The second kappa shape index (κ2) is 13.0. The molecular weight excluding hydrogens is 470 g/mol. The summed E-state index contributed by atoms with van der Waals surface area (Å²) in [6.07, 6.45) is 3.20. The molecule has 35 heavy (non-hydrogen) atoms. The van der Waals surface area contributed by atoms with Gasteiger partial charge in [0.05, 0.1) is 14.2 Å². The van der Waals surface area contributed by atoms with Crippen LogP contribution in [-0.2, 0) is 4.74 Å². The number of allylic oxidation sites excluding steroid dienone is 1. The normalized spacial score (nSPS) is 11.0. The van der Waals surface area contributed by atoms with Crippen LogP contribution in [0.5, 0.6) is 11.5 Å². The molecule has 3 rings (SSSR count). The SMILES string of the molecule is CCN(CC)CCOc1ccc2c(C)c(C(=O)OC)oc2c1C(=O)C=Cc1ccc(OC)cc1.Cl. The van der Waals surface area contributed by atoms with E-state index in [9.17, 15) is 9.59 Å². The molecule has 0 spiro atoms. The lowest BCUT2D eigenvalue weighted by molar-refractivity contribution is 0.0566. The lowest BCUT2D eigenvalue weighted by Gasteiger charge is -2.18. The Morgan fingerprint density at radius 3 is 2.31 bits per heavy atom. The van der Waals surface area contributed by atoms with Crippen molar-refractivity contribution in [3.8, 4) is 11.5 Å². The zero-order valence-corrected chi connectivity index (χ0v) is 21.6. The number of esters is 1. The van der Waals surface area contributed by atoms with Crippen LogP contribution in [0.2, 0.25) is 0 Å². The second-order valence-electron chi connectivity index (χ2n) is 7.71. The average molecular weight is 502 g/mol. The lowest BCUT2D eigenvalue weighted by Crippen LogP contribution is -2.28. The van der Waals surface area contributed by atoms with Crippen LogP contribution < -0.4 is 9.47 Å². The highest BCUT2D eigenvalue weighted by Crippen LogP contribution is 2.34. The largest absolute Gasteiger partial charge is 0.497 e. The predicted molar refractivity (Wildman–Crippen MR) is 139 cm³/mol. The topological polar surface area (TPSA) is 78.2 Å². The van der Waals surface area contributed by atoms with E-state index in [0.29, 0.717) is 28.9 Å². The van der Waals surface area contributed by atoms with E-state index >= 15 is 0 Å². The second-order valence-corrected chi connectivity index (χ2v) is 7.71. The number of carbonyl (C=O) groups excluding carboxylic acids is 2. The molecule has 8 heteroatoms. The van der Waals surface area contributed by atoms with Crippen molar-refractivity contribution in [2.75, 3.05) is 40.5 Å². The monoisotopic (exact) mass is 501 g/mol. The molecule has 0 aliphatic rings. The zero-order chi connectivity index (χ0) is 24.7. The molecule has 0 radical (unpaired) electrons. The molecular formula is C27H32ClNO6. The molecule has 0 amide bonds. The number of ether oxygens (including phenoxy) is 3. The first-order valence-electron chi connectivity index (χ1n) is 11.3. The molecule has 0 fully saturated rings. The summed E-state index contributed by atoms with van der Waals surface area (Å²) < 4.78 is 21.9. The molecule has 0 atom stereocenters. The summed E-state index contributed by atoms with van der Waals surface area (Å²) in [5.74, 6) is 0.341. The van der Waals surface area contributed by atoms with Crippen LogP contribution in [0.3, 0.4) is 0 Å². The van der Waals surface area contributed by atoms with E-state index in [-0.39, 0.29) is 29.5 Å². The van der Waals surface area contributed by atoms with Gasteiger partial charge in [-0.3, -0.25) is 4.79 Å². The molecule has 7 nitrogen and oxygen atoms in total. The highest BCUT2D eigenvalue weighted by Gasteiger charge is 2.24. The molecule has 188 valence electrons. The van der Waals surface area contributed by atoms with Gasteiger partial charge in [-0.1, -0.05) is 32.1 Å². The van der Waals surface area contributed by atoms with Crippen molar-refractivity contribution in [3.63, 3.8) is 0 Å². The fourth-order valence-corrected chi connectivity index (χ4v) is 3.70. The molecule has 0 aliphatic carbocycles. The van der Waals surface area contributed by atoms with Gasteiger partial charge >= 0.3 is 5.97 Å². The Morgan fingerprint density at radius 2 is 1.71 bits per heavy atom. The number of rotatable bonds is 11. The van der Waals surface area contributed by atoms with Crippen LogP contribution in [-0.4, -0.2) is 57.1 Å². The lowest BCUT2D eigenvalue weighted by atomic mass is 10.0. The standard InChI is InChI=1S/C27H31NO6.ClH/c1-6-28(7-2)16-17-33-23-15-13-21-18(3)25(27(30)32-5)34-26(21)24(23)22(29)14-10-19-8-11-20(31-4)12-9-19;/h8-15H,6-7,16-17H2,1-5H3;1H. The van der Waals surface area contributed by atoms with Crippen LogP contribution >= 0.6 is 12.4 Å². The van der Waals surface area contributed by atoms with E-state index in [1.807, 2.05) is 24.3 Å². The van der Waals surface area contributed by atoms with Crippen LogP contribution in [0.15, 0.2) is 46.9 Å². The van der Waals surface area contributed by atoms with E-state index in [1.54, 1.807) is 32.2 Å². The van der Waals surface area contributed by atoms with Crippen molar-refractivity contribution < 1.29 is 28.2 Å². The van der Waals surface area contributed by atoms with Crippen LogP contribution in [0.25, 0.3) is 17.0 Å². The minimum Gasteiger partial charge on any atom is -0.497 e. The first kappa shape index (κ1) is 28.0.